The van der Waals surface area contributed by atoms with Crippen LogP contribution in [-0.4, -0.2) is 26.7 Å². The monoisotopic (exact) mass is 457 g/mol. The summed E-state index contributed by atoms with van der Waals surface area (Å²) in [4.78, 5) is 4.33. The highest BCUT2D eigenvalue weighted by molar-refractivity contribution is 8.00. The number of benzene rings is 1. The molecular formula is C16H10F3N5O2S3. The van der Waals surface area contributed by atoms with Gasteiger partial charge in [-0.15, -0.1) is 23.4 Å². The lowest BCUT2D eigenvalue weighted by molar-refractivity contribution is -0.274. The van der Waals surface area contributed by atoms with Crippen LogP contribution in [-0.2, 0) is 5.75 Å². The Kier molecular flexibility index (Phi) is 5.69. The van der Waals surface area contributed by atoms with Crippen molar-refractivity contribution in [2.75, 3.05) is 5.32 Å². The molecule has 4 rings (SSSR count). The van der Waals surface area contributed by atoms with Crippen molar-refractivity contribution >= 4 is 45.3 Å². The summed E-state index contributed by atoms with van der Waals surface area (Å²) in [7, 11) is 0. The second-order valence-corrected chi connectivity index (χ2v) is 8.37. The van der Waals surface area contributed by atoms with Gasteiger partial charge in [0.05, 0.1) is 11.3 Å². The van der Waals surface area contributed by atoms with E-state index in [2.05, 4.69) is 30.4 Å². The lowest BCUT2D eigenvalue weighted by Crippen LogP contribution is -2.16. The first kappa shape index (κ1) is 19.7. The molecule has 0 unspecified atom stereocenters. The van der Waals surface area contributed by atoms with Gasteiger partial charge in [0.2, 0.25) is 5.13 Å². The zero-order valence-corrected chi connectivity index (χ0v) is 16.7. The Morgan fingerprint density at radius 1 is 1.14 bits per heavy atom. The minimum atomic E-state index is -4.72. The molecule has 1 N–H and O–H groups in total. The number of rotatable bonds is 7. The third-order valence-electron chi connectivity index (χ3n) is 3.31. The molecule has 7 nitrogen and oxygen atoms in total. The number of alkyl halides is 3. The van der Waals surface area contributed by atoms with Crippen LogP contribution in [0.5, 0.6) is 5.75 Å². The molecule has 0 bridgehead atoms. The summed E-state index contributed by atoms with van der Waals surface area (Å²) in [5, 5.41) is 19.4. The van der Waals surface area contributed by atoms with Crippen molar-refractivity contribution in [3.63, 3.8) is 0 Å². The number of halogens is 3. The van der Waals surface area contributed by atoms with E-state index in [0.717, 1.165) is 5.56 Å². The Bertz CT molecular complexity index is 1060. The molecule has 0 saturated heterocycles. The van der Waals surface area contributed by atoms with Gasteiger partial charge in [0.1, 0.15) is 5.75 Å². The molecule has 1 aromatic carbocycles. The number of thiophene rings is 1. The van der Waals surface area contributed by atoms with Gasteiger partial charge >= 0.3 is 6.36 Å². The molecule has 0 radical (unpaired) electrons. The second kappa shape index (κ2) is 8.39. The summed E-state index contributed by atoms with van der Waals surface area (Å²) in [6.45, 7) is 0. The van der Waals surface area contributed by atoms with Gasteiger partial charge in [-0.1, -0.05) is 28.3 Å². The lowest BCUT2D eigenvalue weighted by atomic mass is 10.3. The summed E-state index contributed by atoms with van der Waals surface area (Å²) in [5.74, 6) is 1.19. The van der Waals surface area contributed by atoms with Gasteiger partial charge in [0, 0.05) is 11.1 Å². The summed E-state index contributed by atoms with van der Waals surface area (Å²) >= 11 is 4.25. The molecule has 0 saturated carbocycles. The van der Waals surface area contributed by atoms with Gasteiger partial charge in [-0.2, -0.15) is 16.3 Å². The topological polar surface area (TPSA) is 86.0 Å². The van der Waals surface area contributed by atoms with Gasteiger partial charge < -0.3 is 14.6 Å². The maximum absolute atomic E-state index is 12.2. The van der Waals surface area contributed by atoms with Crippen molar-refractivity contribution in [2.24, 2.45) is 0 Å². The van der Waals surface area contributed by atoms with Crippen LogP contribution in [0.3, 0.4) is 0 Å². The largest absolute Gasteiger partial charge is 0.573 e. The van der Waals surface area contributed by atoms with Crippen LogP contribution in [0.1, 0.15) is 5.82 Å². The fourth-order valence-electron chi connectivity index (χ4n) is 2.12. The van der Waals surface area contributed by atoms with Crippen LogP contribution >= 0.6 is 34.4 Å². The first-order valence-electron chi connectivity index (χ1n) is 7.89. The van der Waals surface area contributed by atoms with E-state index in [-0.39, 0.29) is 5.75 Å². The van der Waals surface area contributed by atoms with Crippen LogP contribution in [0.4, 0.5) is 24.0 Å². The van der Waals surface area contributed by atoms with E-state index in [4.69, 9.17) is 4.52 Å². The van der Waals surface area contributed by atoms with Gasteiger partial charge in [0.15, 0.2) is 10.2 Å². The predicted octanol–water partition coefficient (Wildman–Crippen LogP) is 5.58. The standard InChI is InChI=1S/C16H10F3N5O2S3/c17-16(18,19)25-11-3-1-10(2-4-11)20-14-22-23-15(29-14)28-8-12-21-13(26-24-12)9-5-6-27-7-9/h1-7H,8H2,(H,20,22). The third-order valence-corrected chi connectivity index (χ3v) is 5.96. The quantitative estimate of drug-likeness (QED) is 0.360. The number of nitrogens with zero attached hydrogens (tertiary/aromatic N) is 4. The van der Waals surface area contributed by atoms with Gasteiger partial charge in [-0.25, -0.2) is 0 Å². The van der Waals surface area contributed by atoms with Crippen LogP contribution in [0, 0.1) is 0 Å². The number of thioether (sulfide) groups is 1. The smallest absolute Gasteiger partial charge is 0.406 e. The number of ether oxygens (including phenoxy) is 1. The maximum Gasteiger partial charge on any atom is 0.573 e. The van der Waals surface area contributed by atoms with E-state index in [9.17, 15) is 13.2 Å². The van der Waals surface area contributed by atoms with Crippen molar-refractivity contribution in [1.29, 1.82) is 0 Å². The van der Waals surface area contributed by atoms with Crippen LogP contribution in [0.15, 0.2) is 50.0 Å². The number of nitrogens with one attached hydrogen (secondary N) is 1. The Labute approximate surface area is 173 Å². The molecule has 0 amide bonds. The summed E-state index contributed by atoms with van der Waals surface area (Å²) in [6, 6.07) is 7.25. The average Bonchev–Trinajstić information content (AvgIpc) is 3.42. The SMILES string of the molecule is FC(F)(F)Oc1ccc(Nc2nnc(SCc3noc(-c4ccsc4)n3)s2)cc1. The van der Waals surface area contributed by atoms with Crippen LogP contribution in [0.2, 0.25) is 0 Å². The number of anilines is 2. The molecule has 0 aliphatic rings. The van der Waals surface area contributed by atoms with E-state index >= 15 is 0 Å². The maximum atomic E-state index is 12.2. The Balaban J connectivity index is 1.32. The zero-order valence-electron chi connectivity index (χ0n) is 14.2. The second-order valence-electron chi connectivity index (χ2n) is 5.39. The fourth-order valence-corrected chi connectivity index (χ4v) is 4.37. The minimum Gasteiger partial charge on any atom is -0.406 e. The molecule has 29 heavy (non-hydrogen) atoms. The molecule has 0 fully saturated rings. The number of hydrogen-bond acceptors (Lipinski definition) is 10. The molecule has 0 aliphatic heterocycles. The molecule has 3 aromatic heterocycles. The van der Waals surface area contributed by atoms with E-state index in [0.29, 0.717) is 32.6 Å². The highest BCUT2D eigenvalue weighted by Gasteiger charge is 2.30. The van der Waals surface area contributed by atoms with E-state index in [1.807, 2.05) is 16.8 Å². The van der Waals surface area contributed by atoms with Gasteiger partial charge in [-0.3, -0.25) is 0 Å². The number of aromatic nitrogens is 4. The van der Waals surface area contributed by atoms with E-state index in [1.165, 1.54) is 47.4 Å². The molecule has 150 valence electrons. The van der Waals surface area contributed by atoms with Crippen molar-refractivity contribution in [1.82, 2.24) is 20.3 Å². The normalized spacial score (nSPS) is 11.6. The Hall–Kier alpha value is -2.64. The van der Waals surface area contributed by atoms with Crippen molar-refractivity contribution < 1.29 is 22.4 Å². The van der Waals surface area contributed by atoms with Gasteiger partial charge in [0.25, 0.3) is 5.89 Å². The molecule has 13 heteroatoms. The van der Waals surface area contributed by atoms with Crippen molar-refractivity contribution in [3.05, 3.63) is 46.9 Å². The Morgan fingerprint density at radius 2 is 1.97 bits per heavy atom. The van der Waals surface area contributed by atoms with E-state index < -0.39 is 6.36 Å². The highest BCUT2D eigenvalue weighted by atomic mass is 32.2. The van der Waals surface area contributed by atoms with Crippen LogP contribution in [0.25, 0.3) is 11.5 Å². The molecule has 0 spiro atoms. The Morgan fingerprint density at radius 3 is 2.69 bits per heavy atom. The van der Waals surface area contributed by atoms with Gasteiger partial charge in [-0.05, 0) is 35.7 Å². The van der Waals surface area contributed by atoms with Crippen molar-refractivity contribution in [2.45, 2.75) is 16.5 Å². The molecule has 4 aromatic rings. The summed E-state index contributed by atoms with van der Waals surface area (Å²) in [5.41, 5.74) is 1.44. The molecule has 0 aliphatic carbocycles. The number of hydrogen-bond donors (Lipinski definition) is 1. The summed E-state index contributed by atoms with van der Waals surface area (Å²) in [6.07, 6.45) is -4.72. The van der Waals surface area contributed by atoms with E-state index in [1.54, 1.807) is 11.3 Å². The molecule has 3 heterocycles. The van der Waals surface area contributed by atoms with Crippen LogP contribution < -0.4 is 10.1 Å². The fraction of sp³-hybridized carbons (Fsp3) is 0.125. The molecular weight excluding hydrogens is 447 g/mol. The average molecular weight is 457 g/mol. The van der Waals surface area contributed by atoms with Crippen molar-refractivity contribution in [3.8, 4) is 17.2 Å². The first-order chi connectivity index (χ1) is 13.9. The minimum absolute atomic E-state index is 0.293. The zero-order chi connectivity index (χ0) is 20.3. The predicted molar refractivity (Wildman–Crippen MR) is 103 cm³/mol. The lowest BCUT2D eigenvalue weighted by Gasteiger charge is -2.09. The third kappa shape index (κ3) is 5.46. The molecule has 0 atom stereocenters. The summed E-state index contributed by atoms with van der Waals surface area (Å²) < 4.78 is 46.3. The first-order valence-corrected chi connectivity index (χ1v) is 10.6. The highest BCUT2D eigenvalue weighted by Crippen LogP contribution is 2.31.